The predicted octanol–water partition coefficient (Wildman–Crippen LogP) is 2.27. The minimum absolute atomic E-state index is 0.0395. The van der Waals surface area contributed by atoms with Crippen LogP contribution >= 0.6 is 0 Å². The van der Waals surface area contributed by atoms with Gasteiger partial charge in [-0.15, -0.1) is 0 Å². The van der Waals surface area contributed by atoms with Gasteiger partial charge in [0.05, 0.1) is 29.3 Å². The van der Waals surface area contributed by atoms with E-state index in [4.69, 9.17) is 4.98 Å². The van der Waals surface area contributed by atoms with Crippen LogP contribution in [0.1, 0.15) is 55.4 Å². The first-order valence-electron chi connectivity index (χ1n) is 10.1. The lowest BCUT2D eigenvalue weighted by atomic mass is 9.78. The number of likely N-dealkylation sites (tertiary alicyclic amines) is 1. The largest absolute Gasteiger partial charge is 0.348 e. The molecular weight excluding hydrogens is 340 g/mol. The van der Waals surface area contributed by atoms with Gasteiger partial charge in [0.1, 0.15) is 0 Å². The molecule has 0 aromatic carbocycles. The number of carbonyl (C=O) groups is 1. The average Bonchev–Trinajstić information content (AvgIpc) is 3.33. The Morgan fingerprint density at radius 1 is 1.30 bits per heavy atom. The van der Waals surface area contributed by atoms with Gasteiger partial charge in [0.2, 0.25) is 0 Å². The van der Waals surface area contributed by atoms with Gasteiger partial charge in [-0.25, -0.2) is 4.98 Å². The fourth-order valence-electron chi connectivity index (χ4n) is 4.69. The van der Waals surface area contributed by atoms with Gasteiger partial charge >= 0.3 is 0 Å². The molecule has 1 saturated heterocycles. The normalized spacial score (nSPS) is 19.6. The van der Waals surface area contributed by atoms with Crippen LogP contribution < -0.4 is 0 Å². The van der Waals surface area contributed by atoms with Gasteiger partial charge in [0.25, 0.3) is 5.91 Å². The van der Waals surface area contributed by atoms with Crippen molar-refractivity contribution in [2.75, 3.05) is 26.2 Å². The molecular formula is C20H30N6O. The Hall–Kier alpha value is -2.15. The number of aromatic amines is 1. The molecule has 0 aliphatic carbocycles. The minimum atomic E-state index is -0.0395. The summed E-state index contributed by atoms with van der Waals surface area (Å²) in [5, 5.41) is 4.25. The highest BCUT2D eigenvalue weighted by molar-refractivity contribution is 5.93. The van der Waals surface area contributed by atoms with E-state index < -0.39 is 0 Å². The van der Waals surface area contributed by atoms with Crippen molar-refractivity contribution in [2.45, 2.75) is 52.1 Å². The Kier molecular flexibility index (Phi) is 4.80. The number of piperidine rings is 1. The second-order valence-electron chi connectivity index (χ2n) is 8.23. The molecule has 146 valence electrons. The van der Waals surface area contributed by atoms with Crippen molar-refractivity contribution in [1.82, 2.24) is 29.5 Å². The Morgan fingerprint density at radius 2 is 2.07 bits per heavy atom. The van der Waals surface area contributed by atoms with E-state index in [1.54, 1.807) is 10.9 Å². The summed E-state index contributed by atoms with van der Waals surface area (Å²) in [6.45, 7) is 11.0. The van der Waals surface area contributed by atoms with Crippen LogP contribution in [0.4, 0.5) is 0 Å². The van der Waals surface area contributed by atoms with Crippen LogP contribution in [0.25, 0.3) is 0 Å². The van der Waals surface area contributed by atoms with Crippen molar-refractivity contribution in [3.8, 4) is 0 Å². The van der Waals surface area contributed by atoms with Gasteiger partial charge < -0.3 is 9.88 Å². The van der Waals surface area contributed by atoms with Crippen molar-refractivity contribution in [3.05, 3.63) is 35.7 Å². The number of aryl methyl sites for hydroxylation is 1. The second-order valence-corrected chi connectivity index (χ2v) is 8.23. The van der Waals surface area contributed by atoms with E-state index in [0.717, 1.165) is 52.0 Å². The van der Waals surface area contributed by atoms with Gasteiger partial charge in [-0.1, -0.05) is 13.8 Å². The molecule has 2 aromatic heterocycles. The molecule has 27 heavy (non-hydrogen) atoms. The zero-order valence-corrected chi connectivity index (χ0v) is 16.6. The van der Waals surface area contributed by atoms with Crippen LogP contribution in [0.15, 0.2) is 18.7 Å². The summed E-state index contributed by atoms with van der Waals surface area (Å²) in [5.41, 5.74) is 3.14. The molecule has 7 nitrogen and oxygen atoms in total. The SMILES string of the molecule is CCn1cc(C(=O)N2CCC3(CC2)c2nc[nH]c2CCN3CC(C)C)cn1. The molecule has 2 aliphatic heterocycles. The van der Waals surface area contributed by atoms with Crippen molar-refractivity contribution < 1.29 is 4.79 Å². The fraction of sp³-hybridized carbons (Fsp3) is 0.650. The van der Waals surface area contributed by atoms with Crippen LogP contribution in [0.3, 0.4) is 0 Å². The fourth-order valence-corrected chi connectivity index (χ4v) is 4.69. The van der Waals surface area contributed by atoms with E-state index in [0.29, 0.717) is 11.5 Å². The highest BCUT2D eigenvalue weighted by Gasteiger charge is 2.47. The van der Waals surface area contributed by atoms with E-state index in [9.17, 15) is 4.79 Å². The number of hydrogen-bond donors (Lipinski definition) is 1. The summed E-state index contributed by atoms with van der Waals surface area (Å²) in [7, 11) is 0. The lowest BCUT2D eigenvalue weighted by molar-refractivity contribution is 0.000617. The van der Waals surface area contributed by atoms with Crippen LogP contribution in [0, 0.1) is 5.92 Å². The smallest absolute Gasteiger partial charge is 0.257 e. The maximum absolute atomic E-state index is 12.9. The van der Waals surface area contributed by atoms with E-state index >= 15 is 0 Å². The van der Waals surface area contributed by atoms with Crippen molar-refractivity contribution in [3.63, 3.8) is 0 Å². The van der Waals surface area contributed by atoms with Crippen LogP contribution in [0.5, 0.6) is 0 Å². The Balaban J connectivity index is 1.54. The number of rotatable bonds is 4. The molecule has 2 aromatic rings. The van der Waals surface area contributed by atoms with Crippen LogP contribution in [-0.4, -0.2) is 61.6 Å². The number of nitrogens with one attached hydrogen (secondary N) is 1. The number of hydrogen-bond acceptors (Lipinski definition) is 4. The van der Waals surface area contributed by atoms with Gasteiger partial charge in [-0.3, -0.25) is 14.4 Å². The first kappa shape index (κ1) is 18.2. The average molecular weight is 371 g/mol. The number of fused-ring (bicyclic) bond motifs is 2. The van der Waals surface area contributed by atoms with Gasteiger partial charge in [-0.2, -0.15) is 5.10 Å². The van der Waals surface area contributed by atoms with E-state index in [1.165, 1.54) is 11.4 Å². The van der Waals surface area contributed by atoms with E-state index in [1.807, 2.05) is 24.3 Å². The maximum Gasteiger partial charge on any atom is 0.257 e. The van der Waals surface area contributed by atoms with E-state index in [-0.39, 0.29) is 11.4 Å². The minimum Gasteiger partial charge on any atom is -0.348 e. The van der Waals surface area contributed by atoms with Crippen molar-refractivity contribution in [2.24, 2.45) is 5.92 Å². The third-order valence-electron chi connectivity index (χ3n) is 6.06. The number of amides is 1. The molecule has 2 aliphatic rings. The Morgan fingerprint density at radius 3 is 2.74 bits per heavy atom. The maximum atomic E-state index is 12.9. The first-order chi connectivity index (χ1) is 13.0. The Labute approximate surface area is 160 Å². The molecule has 1 fully saturated rings. The van der Waals surface area contributed by atoms with Crippen LogP contribution in [0.2, 0.25) is 0 Å². The number of nitrogens with zero attached hydrogens (tertiary/aromatic N) is 5. The van der Waals surface area contributed by atoms with Gasteiger partial charge in [0.15, 0.2) is 0 Å². The molecule has 4 heterocycles. The molecule has 0 saturated carbocycles. The third kappa shape index (κ3) is 3.18. The topological polar surface area (TPSA) is 70.1 Å². The summed E-state index contributed by atoms with van der Waals surface area (Å²) in [6, 6.07) is 0. The van der Waals surface area contributed by atoms with Crippen molar-refractivity contribution in [1.29, 1.82) is 0 Å². The Bertz CT molecular complexity index is 799. The lowest BCUT2D eigenvalue weighted by Crippen LogP contribution is -2.57. The summed E-state index contributed by atoms with van der Waals surface area (Å²) in [6.07, 6.45) is 8.28. The zero-order chi connectivity index (χ0) is 19.0. The molecule has 0 unspecified atom stereocenters. The molecule has 1 spiro atoms. The van der Waals surface area contributed by atoms with Crippen molar-refractivity contribution >= 4 is 5.91 Å². The number of aromatic nitrogens is 4. The molecule has 7 heteroatoms. The molecule has 1 amide bonds. The van der Waals surface area contributed by atoms with Gasteiger partial charge in [0, 0.05) is 51.0 Å². The zero-order valence-electron chi connectivity index (χ0n) is 16.6. The monoisotopic (exact) mass is 370 g/mol. The van der Waals surface area contributed by atoms with E-state index in [2.05, 4.69) is 28.8 Å². The number of H-pyrrole nitrogens is 1. The summed E-state index contributed by atoms with van der Waals surface area (Å²) < 4.78 is 1.81. The molecule has 0 atom stereocenters. The molecule has 1 N–H and O–H groups in total. The number of imidazole rings is 1. The highest BCUT2D eigenvalue weighted by Crippen LogP contribution is 2.42. The predicted molar refractivity (Wildman–Crippen MR) is 103 cm³/mol. The number of carbonyl (C=O) groups excluding carboxylic acids is 1. The third-order valence-corrected chi connectivity index (χ3v) is 6.06. The van der Waals surface area contributed by atoms with Crippen LogP contribution in [-0.2, 0) is 18.5 Å². The summed E-state index contributed by atoms with van der Waals surface area (Å²) >= 11 is 0. The quantitative estimate of drug-likeness (QED) is 0.896. The van der Waals surface area contributed by atoms with Gasteiger partial charge in [-0.05, 0) is 25.7 Å². The summed E-state index contributed by atoms with van der Waals surface area (Å²) in [4.78, 5) is 25.6. The lowest BCUT2D eigenvalue weighted by Gasteiger charge is -2.51. The molecule has 0 radical (unpaired) electrons. The molecule has 0 bridgehead atoms. The standard InChI is InChI=1S/C20H30N6O/c1-4-26-13-16(11-23-26)19(27)24-9-6-20(7-10-24)18-17(21-14-22-18)5-8-25(20)12-15(2)3/h11,13-15H,4-10,12H2,1-3H3,(H,21,22). The molecule has 4 rings (SSSR count). The highest BCUT2D eigenvalue weighted by atomic mass is 16.2. The first-order valence-corrected chi connectivity index (χ1v) is 10.1. The second kappa shape index (κ2) is 7.11. The summed E-state index contributed by atoms with van der Waals surface area (Å²) in [5.74, 6) is 0.708.